The predicted molar refractivity (Wildman–Crippen MR) is 139 cm³/mol. The van der Waals surface area contributed by atoms with Crippen molar-refractivity contribution < 1.29 is 14.4 Å². The van der Waals surface area contributed by atoms with E-state index in [4.69, 9.17) is 0 Å². The van der Waals surface area contributed by atoms with E-state index in [1.165, 1.54) is 19.3 Å². The van der Waals surface area contributed by atoms with Gasteiger partial charge in [-0.15, -0.1) is 0 Å². The first kappa shape index (κ1) is 23.5. The topological polar surface area (TPSA) is 87.3 Å². The lowest BCUT2D eigenvalue weighted by Crippen LogP contribution is -2.54. The molecule has 5 aliphatic rings. The Hall–Kier alpha value is -2.89. The zero-order chi connectivity index (χ0) is 24.7. The lowest BCUT2D eigenvalue weighted by molar-refractivity contribution is -0.146. The third kappa shape index (κ3) is 4.51. The van der Waals surface area contributed by atoms with Gasteiger partial charge in [0.25, 0.3) is 5.91 Å². The van der Waals surface area contributed by atoms with Gasteiger partial charge in [-0.05, 0) is 105 Å². The monoisotopic (exact) mass is 487 g/mol. The van der Waals surface area contributed by atoms with Gasteiger partial charge in [0.1, 0.15) is 0 Å². The lowest BCUT2D eigenvalue weighted by atomic mass is 9.49. The van der Waals surface area contributed by atoms with E-state index in [0.29, 0.717) is 17.4 Å². The van der Waals surface area contributed by atoms with Crippen molar-refractivity contribution in [2.45, 2.75) is 64.2 Å². The van der Waals surface area contributed by atoms with Gasteiger partial charge >= 0.3 is 0 Å². The van der Waals surface area contributed by atoms with Gasteiger partial charge in [0.15, 0.2) is 0 Å². The highest BCUT2D eigenvalue weighted by Gasteiger charge is 2.54. The van der Waals surface area contributed by atoms with E-state index >= 15 is 0 Å². The number of hydrazine groups is 1. The molecule has 2 aromatic carbocycles. The predicted octanol–water partition coefficient (Wildman–Crippen LogP) is 4.74. The summed E-state index contributed by atoms with van der Waals surface area (Å²) in [6, 6.07) is 13.3. The molecule has 7 rings (SSSR count). The maximum atomic E-state index is 13.2. The molecule has 36 heavy (non-hydrogen) atoms. The summed E-state index contributed by atoms with van der Waals surface area (Å²) < 4.78 is 0. The second kappa shape index (κ2) is 9.53. The van der Waals surface area contributed by atoms with Crippen LogP contribution < -0.4 is 16.2 Å². The number of benzene rings is 2. The average molecular weight is 488 g/mol. The lowest BCUT2D eigenvalue weighted by Gasteiger charge is -2.55. The fourth-order valence-corrected chi connectivity index (χ4v) is 8.15. The van der Waals surface area contributed by atoms with Crippen molar-refractivity contribution in [3.8, 4) is 0 Å². The van der Waals surface area contributed by atoms with E-state index in [9.17, 15) is 14.4 Å². The number of amides is 3. The van der Waals surface area contributed by atoms with Crippen molar-refractivity contribution in [2.24, 2.45) is 35.0 Å². The van der Waals surface area contributed by atoms with Gasteiger partial charge < -0.3 is 5.32 Å². The van der Waals surface area contributed by atoms with Crippen LogP contribution >= 0.6 is 0 Å². The summed E-state index contributed by atoms with van der Waals surface area (Å²) >= 11 is 0. The SMILES string of the molecule is O=C(NNC(=O)C1CCC(CNC(=O)C23CC4CC(CC(C4)C2)C3)CC1)c1cccc2ccccc12. The van der Waals surface area contributed by atoms with Gasteiger partial charge in [-0.2, -0.15) is 0 Å². The molecule has 2 aromatic rings. The molecule has 4 bridgehead atoms. The van der Waals surface area contributed by atoms with Crippen molar-refractivity contribution in [1.82, 2.24) is 16.2 Å². The van der Waals surface area contributed by atoms with Crippen LogP contribution in [0.2, 0.25) is 0 Å². The van der Waals surface area contributed by atoms with Crippen molar-refractivity contribution in [2.75, 3.05) is 6.54 Å². The van der Waals surface area contributed by atoms with Crippen LogP contribution in [0.1, 0.15) is 74.6 Å². The zero-order valence-electron chi connectivity index (χ0n) is 20.9. The normalized spacial score (nSPS) is 32.7. The van der Waals surface area contributed by atoms with E-state index in [-0.39, 0.29) is 23.1 Å². The number of hydrogen-bond acceptors (Lipinski definition) is 3. The number of rotatable bonds is 5. The fourth-order valence-electron chi connectivity index (χ4n) is 8.15. The first-order chi connectivity index (χ1) is 17.5. The number of carbonyl (C=O) groups excluding carboxylic acids is 3. The van der Waals surface area contributed by atoms with Gasteiger partial charge in [0.05, 0.1) is 0 Å². The molecule has 0 unspecified atom stereocenters. The average Bonchev–Trinajstić information content (AvgIpc) is 2.89. The minimum Gasteiger partial charge on any atom is -0.355 e. The molecule has 0 radical (unpaired) electrons. The quantitative estimate of drug-likeness (QED) is 0.533. The summed E-state index contributed by atoms with van der Waals surface area (Å²) in [6.45, 7) is 0.729. The summed E-state index contributed by atoms with van der Waals surface area (Å²) in [7, 11) is 0. The molecule has 3 amide bonds. The van der Waals surface area contributed by atoms with E-state index in [2.05, 4.69) is 16.2 Å². The highest BCUT2D eigenvalue weighted by atomic mass is 16.2. The molecule has 3 N–H and O–H groups in total. The van der Waals surface area contributed by atoms with Gasteiger partial charge in [-0.1, -0.05) is 36.4 Å². The van der Waals surface area contributed by atoms with Crippen LogP contribution in [0.3, 0.4) is 0 Å². The summed E-state index contributed by atoms with van der Waals surface area (Å²) in [4.78, 5) is 38.7. The minimum absolute atomic E-state index is 0.0892. The highest BCUT2D eigenvalue weighted by molar-refractivity contribution is 6.07. The molecule has 5 saturated carbocycles. The Kier molecular flexibility index (Phi) is 6.22. The van der Waals surface area contributed by atoms with Gasteiger partial charge in [-0.25, -0.2) is 0 Å². The van der Waals surface area contributed by atoms with Gasteiger partial charge in [0, 0.05) is 23.4 Å². The maximum Gasteiger partial charge on any atom is 0.270 e. The van der Waals surface area contributed by atoms with E-state index < -0.39 is 0 Å². The van der Waals surface area contributed by atoms with Crippen LogP contribution in [-0.2, 0) is 9.59 Å². The van der Waals surface area contributed by atoms with E-state index in [0.717, 1.165) is 80.0 Å². The molecule has 0 spiro atoms. The summed E-state index contributed by atoms with van der Waals surface area (Å²) in [6.07, 6.45) is 10.8. The second-order valence-electron chi connectivity index (χ2n) is 12.1. The number of carbonyl (C=O) groups is 3. The largest absolute Gasteiger partial charge is 0.355 e. The zero-order valence-corrected chi connectivity index (χ0v) is 20.9. The molecule has 190 valence electrons. The molecular formula is C30H37N3O3. The van der Waals surface area contributed by atoms with Gasteiger partial charge in [0.2, 0.25) is 11.8 Å². The van der Waals surface area contributed by atoms with Crippen LogP contribution in [0.25, 0.3) is 10.8 Å². The Labute approximate surface area is 212 Å². The summed E-state index contributed by atoms with van der Waals surface area (Å²) in [5.74, 6) is 2.52. The Balaban J connectivity index is 0.956. The smallest absolute Gasteiger partial charge is 0.270 e. The molecule has 6 heteroatoms. The molecule has 5 aliphatic carbocycles. The van der Waals surface area contributed by atoms with Crippen LogP contribution in [0.5, 0.6) is 0 Å². The molecule has 6 nitrogen and oxygen atoms in total. The highest BCUT2D eigenvalue weighted by Crippen LogP contribution is 2.60. The van der Waals surface area contributed by atoms with Crippen molar-refractivity contribution >= 4 is 28.5 Å². The molecular weight excluding hydrogens is 450 g/mol. The number of fused-ring (bicyclic) bond motifs is 1. The molecule has 5 fully saturated rings. The number of nitrogens with one attached hydrogen (secondary N) is 3. The molecule has 0 saturated heterocycles. The second-order valence-corrected chi connectivity index (χ2v) is 12.1. The Morgan fingerprint density at radius 3 is 2.11 bits per heavy atom. The van der Waals surface area contributed by atoms with Crippen LogP contribution in [-0.4, -0.2) is 24.3 Å². The van der Waals surface area contributed by atoms with Crippen LogP contribution in [0, 0.1) is 35.0 Å². The maximum absolute atomic E-state index is 13.2. The van der Waals surface area contributed by atoms with Crippen LogP contribution in [0.15, 0.2) is 42.5 Å². The van der Waals surface area contributed by atoms with E-state index in [1.54, 1.807) is 6.07 Å². The third-order valence-electron chi connectivity index (χ3n) is 9.62. The summed E-state index contributed by atoms with van der Waals surface area (Å²) in [5, 5.41) is 5.18. The van der Waals surface area contributed by atoms with E-state index in [1.807, 2.05) is 36.4 Å². The Bertz CT molecular complexity index is 1130. The molecule has 0 atom stereocenters. The first-order valence-electron chi connectivity index (χ1n) is 13.9. The molecule has 0 aromatic heterocycles. The standard InChI is InChI=1S/C30H37N3O3/c34-27(32-33-28(35)26-7-3-5-23-4-1-2-6-25(23)26)24-10-8-19(9-11-24)18-31-29(36)30-15-20-12-21(16-30)14-22(13-20)17-30/h1-7,19-22,24H,8-18H2,(H,31,36)(H,32,34)(H,33,35). The Morgan fingerprint density at radius 2 is 1.42 bits per heavy atom. The molecule has 0 heterocycles. The van der Waals surface area contributed by atoms with Gasteiger partial charge in [-0.3, -0.25) is 25.2 Å². The summed E-state index contributed by atoms with van der Waals surface area (Å²) in [5.41, 5.74) is 5.71. The van der Waals surface area contributed by atoms with Crippen LogP contribution in [0.4, 0.5) is 0 Å². The Morgan fingerprint density at radius 1 is 0.778 bits per heavy atom. The van der Waals surface area contributed by atoms with Crippen molar-refractivity contribution in [1.29, 1.82) is 0 Å². The number of hydrogen-bond donors (Lipinski definition) is 3. The molecule has 0 aliphatic heterocycles. The third-order valence-corrected chi connectivity index (χ3v) is 9.62. The first-order valence-corrected chi connectivity index (χ1v) is 13.9. The minimum atomic E-state index is -0.304. The van der Waals surface area contributed by atoms with Crippen molar-refractivity contribution in [3.05, 3.63) is 48.0 Å². The van der Waals surface area contributed by atoms with Crippen molar-refractivity contribution in [3.63, 3.8) is 0 Å². The fraction of sp³-hybridized carbons (Fsp3) is 0.567.